The number of nitrogens with zero attached hydrogens (tertiary/aromatic N) is 1. The average Bonchev–Trinajstić information content (AvgIpc) is 3.25. The number of allylic oxidation sites excluding steroid dienone is 1. The van der Waals surface area contributed by atoms with Crippen molar-refractivity contribution in [1.82, 2.24) is 20.5 Å². The van der Waals surface area contributed by atoms with Crippen LogP contribution in [0.4, 0.5) is 0 Å². The number of nitrogens with one attached hydrogen (secondary N) is 3. The second-order valence-electron chi connectivity index (χ2n) is 8.12. The Morgan fingerprint density at radius 3 is 2.59 bits per heavy atom. The molecule has 3 aromatic rings. The van der Waals surface area contributed by atoms with Crippen LogP contribution in [-0.2, 0) is 4.79 Å². The van der Waals surface area contributed by atoms with E-state index in [4.69, 9.17) is 11.6 Å². The minimum atomic E-state index is -0.363. The van der Waals surface area contributed by atoms with E-state index in [-0.39, 0.29) is 36.9 Å². The number of rotatable bonds is 9. The summed E-state index contributed by atoms with van der Waals surface area (Å²) >= 11 is 6.30. The molecule has 0 fully saturated rings. The number of aromatic nitrogens is 1. The number of H-pyrrole nitrogens is 1. The van der Waals surface area contributed by atoms with Crippen LogP contribution in [0.15, 0.2) is 60.7 Å². The van der Waals surface area contributed by atoms with Gasteiger partial charge in [0, 0.05) is 30.0 Å². The number of hydrogen-bond acceptors (Lipinski definition) is 3. The van der Waals surface area contributed by atoms with Crippen LogP contribution in [0.2, 0.25) is 5.02 Å². The molecule has 7 nitrogen and oxygen atoms in total. The van der Waals surface area contributed by atoms with Gasteiger partial charge in [-0.25, -0.2) is 0 Å². The SMILES string of the molecule is CC=CCN(C(=O)c1ccc(C)cc1Cl)C(C)CNC(=O)CNC(=O)c1cc2ccccc2[nH]1. The predicted octanol–water partition coefficient (Wildman–Crippen LogP) is 4.08. The second kappa shape index (κ2) is 11.5. The molecule has 0 bridgehead atoms. The molecule has 2 aromatic carbocycles. The fourth-order valence-electron chi connectivity index (χ4n) is 3.52. The first-order valence-corrected chi connectivity index (χ1v) is 11.5. The van der Waals surface area contributed by atoms with E-state index < -0.39 is 0 Å². The van der Waals surface area contributed by atoms with Crippen molar-refractivity contribution in [2.45, 2.75) is 26.8 Å². The zero-order chi connectivity index (χ0) is 24.7. The lowest BCUT2D eigenvalue weighted by atomic mass is 10.1. The first kappa shape index (κ1) is 25.1. The Hall–Kier alpha value is -3.58. The highest BCUT2D eigenvalue weighted by Crippen LogP contribution is 2.20. The molecular weight excluding hydrogens is 452 g/mol. The van der Waals surface area contributed by atoms with E-state index in [1.54, 1.807) is 23.1 Å². The van der Waals surface area contributed by atoms with E-state index in [1.807, 2.05) is 63.3 Å². The third-order valence-corrected chi connectivity index (χ3v) is 5.78. The molecule has 0 spiro atoms. The van der Waals surface area contributed by atoms with Crippen molar-refractivity contribution in [3.8, 4) is 0 Å². The molecule has 1 unspecified atom stereocenters. The molecule has 178 valence electrons. The summed E-state index contributed by atoms with van der Waals surface area (Å²) in [4.78, 5) is 42.6. The minimum absolute atomic E-state index is 0.173. The molecule has 0 aliphatic heterocycles. The number of aromatic amines is 1. The number of carbonyl (C=O) groups excluding carboxylic acids is 3. The lowest BCUT2D eigenvalue weighted by Crippen LogP contribution is -2.47. The molecule has 0 saturated heterocycles. The smallest absolute Gasteiger partial charge is 0.268 e. The van der Waals surface area contributed by atoms with Crippen LogP contribution in [-0.4, -0.2) is 53.3 Å². The van der Waals surface area contributed by atoms with Gasteiger partial charge < -0.3 is 20.5 Å². The Kier molecular flexibility index (Phi) is 8.49. The topological polar surface area (TPSA) is 94.3 Å². The van der Waals surface area contributed by atoms with Crippen LogP contribution >= 0.6 is 11.6 Å². The van der Waals surface area contributed by atoms with Crippen LogP contribution < -0.4 is 10.6 Å². The van der Waals surface area contributed by atoms with Crippen LogP contribution in [0.3, 0.4) is 0 Å². The van der Waals surface area contributed by atoms with Gasteiger partial charge in [-0.2, -0.15) is 0 Å². The summed E-state index contributed by atoms with van der Waals surface area (Å²) in [6.07, 6.45) is 3.74. The summed E-state index contributed by atoms with van der Waals surface area (Å²) in [5.41, 5.74) is 2.63. The zero-order valence-corrected chi connectivity index (χ0v) is 20.3. The Morgan fingerprint density at radius 1 is 1.12 bits per heavy atom. The van der Waals surface area contributed by atoms with E-state index >= 15 is 0 Å². The summed E-state index contributed by atoms with van der Waals surface area (Å²) in [6, 6.07) is 14.3. The van der Waals surface area contributed by atoms with Gasteiger partial charge in [-0.05, 0) is 50.6 Å². The van der Waals surface area contributed by atoms with Crippen molar-refractivity contribution in [2.75, 3.05) is 19.6 Å². The number of hydrogen-bond donors (Lipinski definition) is 3. The Bertz CT molecular complexity index is 1180. The molecule has 0 aliphatic carbocycles. The highest BCUT2D eigenvalue weighted by atomic mass is 35.5. The maximum absolute atomic E-state index is 13.1. The molecular formula is C26H29ClN4O3. The Morgan fingerprint density at radius 2 is 1.88 bits per heavy atom. The van der Waals surface area contributed by atoms with Gasteiger partial charge in [0.2, 0.25) is 5.91 Å². The first-order chi connectivity index (χ1) is 16.3. The number of para-hydroxylation sites is 1. The lowest BCUT2D eigenvalue weighted by molar-refractivity contribution is -0.120. The van der Waals surface area contributed by atoms with Crippen LogP contribution in [0, 0.1) is 6.92 Å². The van der Waals surface area contributed by atoms with Gasteiger partial charge in [-0.15, -0.1) is 0 Å². The largest absolute Gasteiger partial charge is 0.353 e. The van der Waals surface area contributed by atoms with Crippen molar-refractivity contribution in [2.24, 2.45) is 0 Å². The van der Waals surface area contributed by atoms with E-state index in [1.165, 1.54) is 0 Å². The quantitative estimate of drug-likeness (QED) is 0.403. The fourth-order valence-corrected chi connectivity index (χ4v) is 3.83. The van der Waals surface area contributed by atoms with E-state index in [0.717, 1.165) is 16.5 Å². The molecule has 0 radical (unpaired) electrons. The molecule has 34 heavy (non-hydrogen) atoms. The number of aryl methyl sites for hydroxylation is 1. The molecule has 1 aromatic heterocycles. The van der Waals surface area contributed by atoms with Crippen molar-refractivity contribution >= 4 is 40.2 Å². The first-order valence-electron chi connectivity index (χ1n) is 11.1. The Balaban J connectivity index is 1.56. The van der Waals surface area contributed by atoms with E-state index in [9.17, 15) is 14.4 Å². The monoisotopic (exact) mass is 480 g/mol. The summed E-state index contributed by atoms with van der Waals surface area (Å²) in [5.74, 6) is -0.918. The molecule has 3 amide bonds. The normalized spacial score (nSPS) is 12.0. The van der Waals surface area contributed by atoms with Gasteiger partial charge in [0.25, 0.3) is 11.8 Å². The predicted molar refractivity (Wildman–Crippen MR) is 135 cm³/mol. The third kappa shape index (κ3) is 6.26. The van der Waals surface area contributed by atoms with Crippen LogP contribution in [0.5, 0.6) is 0 Å². The molecule has 8 heteroatoms. The zero-order valence-electron chi connectivity index (χ0n) is 19.5. The lowest BCUT2D eigenvalue weighted by Gasteiger charge is -2.29. The Labute approximate surface area is 204 Å². The van der Waals surface area contributed by atoms with E-state index in [0.29, 0.717) is 22.8 Å². The van der Waals surface area contributed by atoms with Gasteiger partial charge in [-0.3, -0.25) is 14.4 Å². The maximum atomic E-state index is 13.1. The van der Waals surface area contributed by atoms with Crippen molar-refractivity contribution < 1.29 is 14.4 Å². The number of benzene rings is 2. The second-order valence-corrected chi connectivity index (χ2v) is 8.52. The average molecular weight is 481 g/mol. The van der Waals surface area contributed by atoms with Gasteiger partial charge in [0.1, 0.15) is 5.69 Å². The standard InChI is InChI=1S/C26H29ClN4O3/c1-4-5-12-31(26(34)20-11-10-17(2)13-21(20)27)18(3)15-28-24(32)16-29-25(33)23-14-19-8-6-7-9-22(19)30-23/h4-11,13-14,18,30H,12,15-16H2,1-3H3,(H,28,32)(H,29,33). The fraction of sp³-hybridized carbons (Fsp3) is 0.269. The summed E-state index contributed by atoms with van der Waals surface area (Å²) in [5, 5.41) is 6.72. The van der Waals surface area contributed by atoms with Crippen molar-refractivity contribution in [1.29, 1.82) is 0 Å². The summed E-state index contributed by atoms with van der Waals surface area (Å²) in [6.45, 7) is 6.08. The molecule has 1 heterocycles. The van der Waals surface area contributed by atoms with E-state index in [2.05, 4.69) is 15.6 Å². The highest BCUT2D eigenvalue weighted by Gasteiger charge is 2.23. The number of halogens is 1. The van der Waals surface area contributed by atoms with Gasteiger partial charge >= 0.3 is 0 Å². The van der Waals surface area contributed by atoms with Gasteiger partial charge in [0.05, 0.1) is 17.1 Å². The van der Waals surface area contributed by atoms with Gasteiger partial charge in [0.15, 0.2) is 0 Å². The maximum Gasteiger partial charge on any atom is 0.268 e. The van der Waals surface area contributed by atoms with Gasteiger partial charge in [-0.1, -0.05) is 48.0 Å². The number of fused-ring (bicyclic) bond motifs is 1. The molecule has 3 N–H and O–H groups in total. The van der Waals surface area contributed by atoms with Crippen LogP contribution in [0.1, 0.15) is 40.3 Å². The molecule has 0 aliphatic rings. The van der Waals surface area contributed by atoms with Crippen molar-refractivity contribution in [3.05, 3.63) is 82.5 Å². The minimum Gasteiger partial charge on any atom is -0.353 e. The number of amides is 3. The third-order valence-electron chi connectivity index (χ3n) is 5.46. The molecule has 1 atom stereocenters. The highest BCUT2D eigenvalue weighted by molar-refractivity contribution is 6.33. The summed E-state index contributed by atoms with van der Waals surface area (Å²) in [7, 11) is 0. The van der Waals surface area contributed by atoms with Crippen LogP contribution in [0.25, 0.3) is 10.9 Å². The van der Waals surface area contributed by atoms with Crippen molar-refractivity contribution in [3.63, 3.8) is 0 Å². The summed E-state index contributed by atoms with van der Waals surface area (Å²) < 4.78 is 0. The number of carbonyl (C=O) groups is 3. The molecule has 0 saturated carbocycles. The molecule has 3 rings (SSSR count).